The first kappa shape index (κ1) is 21.1. The molecule has 0 bridgehead atoms. The van der Waals surface area contributed by atoms with Crippen molar-refractivity contribution >= 4 is 22.4 Å². The van der Waals surface area contributed by atoms with E-state index in [2.05, 4.69) is 10.3 Å². The molecule has 2 heterocycles. The van der Waals surface area contributed by atoms with E-state index < -0.39 is 0 Å². The van der Waals surface area contributed by atoms with Gasteiger partial charge in [0, 0.05) is 25.0 Å². The molecule has 0 radical (unpaired) electrons. The van der Waals surface area contributed by atoms with Crippen LogP contribution in [0.15, 0.2) is 48.5 Å². The lowest BCUT2D eigenvalue weighted by Gasteiger charge is -2.37. The average molecular weight is 423 g/mol. The topological polar surface area (TPSA) is 63.7 Å². The molecule has 0 unspecified atom stereocenters. The highest BCUT2D eigenvalue weighted by Gasteiger charge is 2.24. The van der Waals surface area contributed by atoms with Crippen molar-refractivity contribution in [2.45, 2.75) is 32.6 Å². The molecule has 3 aromatic rings. The first-order valence-electron chi connectivity index (χ1n) is 10.4. The van der Waals surface area contributed by atoms with E-state index in [9.17, 15) is 9.18 Å². The first-order chi connectivity index (χ1) is 14.9. The predicted molar refractivity (Wildman–Crippen MR) is 118 cm³/mol. The zero-order valence-corrected chi connectivity index (χ0v) is 17.9. The minimum absolute atomic E-state index is 0.0496. The standard InChI is InChI=1S/C24H26FN3O3/c1-15-13-28(14-16(2)31-15)22-9-8-17(10-20(22)25)12-26-23(29)21-11-18-6-4-5-7-19(18)24(27-21)30-3/h4-11,15-16H,12-14H2,1-3H3,(H,26,29)/t15-,16+. The number of aromatic nitrogens is 1. The van der Waals surface area contributed by atoms with Crippen molar-refractivity contribution in [3.63, 3.8) is 0 Å². The Hall–Kier alpha value is -3.19. The number of nitrogens with one attached hydrogen (secondary N) is 1. The van der Waals surface area contributed by atoms with E-state index in [4.69, 9.17) is 9.47 Å². The third-order valence-corrected chi connectivity index (χ3v) is 5.36. The SMILES string of the molecule is COc1nc(C(=O)NCc2ccc(N3C[C@@H](C)O[C@@H](C)C3)c(F)c2)cc2ccccc12. The Bertz CT molecular complexity index is 1090. The molecule has 1 amide bonds. The van der Waals surface area contributed by atoms with E-state index >= 15 is 0 Å². The molecule has 31 heavy (non-hydrogen) atoms. The average Bonchev–Trinajstić information content (AvgIpc) is 2.76. The van der Waals surface area contributed by atoms with Gasteiger partial charge in [0.15, 0.2) is 0 Å². The molecule has 0 spiro atoms. The van der Waals surface area contributed by atoms with Crippen LogP contribution in [0.1, 0.15) is 29.9 Å². The normalized spacial score (nSPS) is 18.8. The third kappa shape index (κ3) is 4.61. The van der Waals surface area contributed by atoms with Gasteiger partial charge in [-0.25, -0.2) is 9.37 Å². The molecular weight excluding hydrogens is 397 g/mol. The van der Waals surface area contributed by atoms with E-state index in [1.54, 1.807) is 12.1 Å². The Labute approximate surface area is 181 Å². The number of hydrogen-bond donors (Lipinski definition) is 1. The highest BCUT2D eigenvalue weighted by molar-refractivity contribution is 5.98. The lowest BCUT2D eigenvalue weighted by Crippen LogP contribution is -2.45. The summed E-state index contributed by atoms with van der Waals surface area (Å²) in [6.07, 6.45) is 0.0992. The number of anilines is 1. The summed E-state index contributed by atoms with van der Waals surface area (Å²) in [6.45, 7) is 5.46. The third-order valence-electron chi connectivity index (χ3n) is 5.36. The summed E-state index contributed by atoms with van der Waals surface area (Å²) in [5.74, 6) is -0.254. The molecule has 2 atom stereocenters. The van der Waals surface area contributed by atoms with E-state index in [0.29, 0.717) is 30.2 Å². The highest BCUT2D eigenvalue weighted by atomic mass is 19.1. The van der Waals surface area contributed by atoms with E-state index in [-0.39, 0.29) is 36.2 Å². The number of carbonyl (C=O) groups is 1. The summed E-state index contributed by atoms with van der Waals surface area (Å²) >= 11 is 0. The molecular formula is C24H26FN3O3. The molecule has 6 nitrogen and oxygen atoms in total. The van der Waals surface area contributed by atoms with Crippen LogP contribution in [0.3, 0.4) is 0 Å². The number of nitrogens with zero attached hydrogens (tertiary/aromatic N) is 2. The second-order valence-electron chi connectivity index (χ2n) is 7.87. The predicted octanol–water partition coefficient (Wildman–Crippen LogP) is 3.93. The van der Waals surface area contributed by atoms with Gasteiger partial charge < -0.3 is 19.7 Å². The Morgan fingerprint density at radius 3 is 2.65 bits per heavy atom. The number of morpholine rings is 1. The summed E-state index contributed by atoms with van der Waals surface area (Å²) in [5, 5.41) is 4.52. The summed E-state index contributed by atoms with van der Waals surface area (Å²) in [6, 6.07) is 14.4. The lowest BCUT2D eigenvalue weighted by atomic mass is 10.1. The number of carbonyl (C=O) groups excluding carboxylic acids is 1. The molecule has 1 N–H and O–H groups in total. The molecule has 0 aliphatic carbocycles. The molecule has 7 heteroatoms. The number of amides is 1. The van der Waals surface area contributed by atoms with Crippen LogP contribution in [-0.4, -0.2) is 43.3 Å². The van der Waals surface area contributed by atoms with Crippen LogP contribution in [0.25, 0.3) is 10.8 Å². The maximum absolute atomic E-state index is 14.8. The summed E-state index contributed by atoms with van der Waals surface area (Å²) in [5.41, 5.74) is 1.48. The minimum atomic E-state index is -0.343. The number of benzene rings is 2. The van der Waals surface area contributed by atoms with Crippen molar-refractivity contribution in [2.75, 3.05) is 25.1 Å². The molecule has 162 valence electrons. The zero-order chi connectivity index (χ0) is 22.0. The van der Waals surface area contributed by atoms with Crippen LogP contribution >= 0.6 is 0 Å². The molecule has 1 saturated heterocycles. The molecule has 2 aromatic carbocycles. The number of pyridine rings is 1. The van der Waals surface area contributed by atoms with Crippen LogP contribution in [0.5, 0.6) is 5.88 Å². The fourth-order valence-corrected chi connectivity index (χ4v) is 4.00. The molecule has 1 aromatic heterocycles. The molecule has 1 aliphatic rings. The quantitative estimate of drug-likeness (QED) is 0.674. The van der Waals surface area contributed by atoms with Gasteiger partial charge in [-0.05, 0) is 49.1 Å². The second-order valence-corrected chi connectivity index (χ2v) is 7.87. The van der Waals surface area contributed by atoms with Gasteiger partial charge in [0.05, 0.1) is 25.0 Å². The lowest BCUT2D eigenvalue weighted by molar-refractivity contribution is -0.00539. The fourth-order valence-electron chi connectivity index (χ4n) is 4.00. The Morgan fingerprint density at radius 1 is 1.19 bits per heavy atom. The number of fused-ring (bicyclic) bond motifs is 1. The zero-order valence-electron chi connectivity index (χ0n) is 17.9. The smallest absolute Gasteiger partial charge is 0.270 e. The summed E-state index contributed by atoms with van der Waals surface area (Å²) in [4.78, 5) is 19.0. The van der Waals surface area contributed by atoms with Crippen molar-refractivity contribution in [3.8, 4) is 5.88 Å². The van der Waals surface area contributed by atoms with Gasteiger partial charge in [-0.15, -0.1) is 0 Å². The van der Waals surface area contributed by atoms with E-state index in [0.717, 1.165) is 10.8 Å². The fraction of sp³-hybridized carbons (Fsp3) is 0.333. The van der Waals surface area contributed by atoms with E-state index in [1.165, 1.54) is 13.2 Å². The van der Waals surface area contributed by atoms with E-state index in [1.807, 2.05) is 49.1 Å². The van der Waals surface area contributed by atoms with Crippen LogP contribution in [0.4, 0.5) is 10.1 Å². The maximum atomic E-state index is 14.8. The number of ether oxygens (including phenoxy) is 2. The summed E-state index contributed by atoms with van der Waals surface area (Å²) < 4.78 is 25.8. The number of hydrogen-bond acceptors (Lipinski definition) is 5. The van der Waals surface area contributed by atoms with Gasteiger partial charge in [0.2, 0.25) is 5.88 Å². The Balaban J connectivity index is 1.46. The van der Waals surface area contributed by atoms with Gasteiger partial charge in [-0.3, -0.25) is 4.79 Å². The van der Waals surface area contributed by atoms with Gasteiger partial charge in [-0.1, -0.05) is 24.3 Å². The largest absolute Gasteiger partial charge is 0.481 e. The van der Waals surface area contributed by atoms with Crippen molar-refractivity contribution in [2.24, 2.45) is 0 Å². The maximum Gasteiger partial charge on any atom is 0.270 e. The Kier molecular flexibility index (Phi) is 6.04. The first-order valence-corrected chi connectivity index (χ1v) is 10.4. The van der Waals surface area contributed by atoms with Crippen LogP contribution in [-0.2, 0) is 11.3 Å². The van der Waals surface area contributed by atoms with Gasteiger partial charge in [0.1, 0.15) is 11.5 Å². The number of methoxy groups -OCH3 is 1. The van der Waals surface area contributed by atoms with Crippen molar-refractivity contribution in [1.29, 1.82) is 0 Å². The van der Waals surface area contributed by atoms with Crippen LogP contribution in [0, 0.1) is 5.82 Å². The molecule has 4 rings (SSSR count). The molecule has 0 saturated carbocycles. The van der Waals surface area contributed by atoms with Crippen LogP contribution in [0.2, 0.25) is 0 Å². The molecule has 1 aliphatic heterocycles. The second kappa shape index (κ2) is 8.89. The monoisotopic (exact) mass is 423 g/mol. The van der Waals surface area contributed by atoms with Gasteiger partial charge in [-0.2, -0.15) is 0 Å². The Morgan fingerprint density at radius 2 is 1.94 bits per heavy atom. The summed E-state index contributed by atoms with van der Waals surface area (Å²) in [7, 11) is 1.52. The number of halogens is 1. The van der Waals surface area contributed by atoms with Crippen molar-refractivity contribution in [3.05, 3.63) is 65.6 Å². The molecule has 1 fully saturated rings. The van der Waals surface area contributed by atoms with Crippen molar-refractivity contribution < 1.29 is 18.7 Å². The van der Waals surface area contributed by atoms with Crippen molar-refractivity contribution in [1.82, 2.24) is 10.3 Å². The van der Waals surface area contributed by atoms with Crippen LogP contribution < -0.4 is 15.0 Å². The minimum Gasteiger partial charge on any atom is -0.481 e. The van der Waals surface area contributed by atoms with Gasteiger partial charge in [0.25, 0.3) is 5.91 Å². The highest BCUT2D eigenvalue weighted by Crippen LogP contribution is 2.26. The number of rotatable bonds is 5. The van der Waals surface area contributed by atoms with Gasteiger partial charge >= 0.3 is 0 Å².